The van der Waals surface area contributed by atoms with Crippen molar-refractivity contribution < 1.29 is 0 Å². The van der Waals surface area contributed by atoms with E-state index in [-0.39, 0.29) is 5.54 Å². The minimum absolute atomic E-state index is 0.122. The van der Waals surface area contributed by atoms with Crippen molar-refractivity contribution in [3.8, 4) is 0 Å². The van der Waals surface area contributed by atoms with E-state index < -0.39 is 0 Å². The van der Waals surface area contributed by atoms with Crippen LogP contribution >= 0.6 is 11.3 Å². The Labute approximate surface area is 108 Å². The van der Waals surface area contributed by atoms with Gasteiger partial charge in [0.2, 0.25) is 0 Å². The summed E-state index contributed by atoms with van der Waals surface area (Å²) in [4.78, 5) is 7.12. The van der Waals surface area contributed by atoms with Crippen LogP contribution in [0.15, 0.2) is 11.6 Å². The second-order valence-electron chi connectivity index (χ2n) is 4.86. The fourth-order valence-corrected chi connectivity index (χ4v) is 3.66. The fraction of sp³-hybridized carbons (Fsp3) is 0.769. The highest BCUT2D eigenvalue weighted by Gasteiger charge is 2.34. The zero-order valence-corrected chi connectivity index (χ0v) is 11.7. The van der Waals surface area contributed by atoms with Crippen LogP contribution in [0.2, 0.25) is 0 Å². The first-order valence-electron chi connectivity index (χ1n) is 6.62. The van der Waals surface area contributed by atoms with Crippen LogP contribution in [-0.4, -0.2) is 36.6 Å². The first-order valence-corrected chi connectivity index (χ1v) is 7.50. The molecule has 0 spiro atoms. The van der Waals surface area contributed by atoms with Crippen molar-refractivity contribution in [2.45, 2.75) is 38.1 Å². The lowest BCUT2D eigenvalue weighted by atomic mass is 9.91. The van der Waals surface area contributed by atoms with Gasteiger partial charge in [0.1, 0.15) is 5.01 Å². The molecule has 0 bridgehead atoms. The van der Waals surface area contributed by atoms with E-state index in [1.54, 1.807) is 11.3 Å². The second kappa shape index (κ2) is 5.94. The van der Waals surface area contributed by atoms with Gasteiger partial charge in [-0.15, -0.1) is 11.3 Å². The predicted molar refractivity (Wildman–Crippen MR) is 73.4 cm³/mol. The summed E-state index contributed by atoms with van der Waals surface area (Å²) in [6.07, 6.45) is 6.83. The van der Waals surface area contributed by atoms with E-state index in [1.807, 2.05) is 6.20 Å². The highest BCUT2D eigenvalue weighted by molar-refractivity contribution is 7.09. The standard InChI is InChI=1S/C13H23N3S/c1-3-8-16-9-4-5-13(14-2,6-10-16)12-15-7-11-17-12/h7,11,14H,3-6,8-10H2,1-2H3. The number of hydrogen-bond acceptors (Lipinski definition) is 4. The minimum atomic E-state index is 0.122. The Morgan fingerprint density at radius 1 is 1.47 bits per heavy atom. The van der Waals surface area contributed by atoms with Gasteiger partial charge in [0.25, 0.3) is 0 Å². The van der Waals surface area contributed by atoms with Crippen LogP contribution in [0.1, 0.15) is 37.6 Å². The normalized spacial score (nSPS) is 26.9. The Hall–Kier alpha value is -0.450. The van der Waals surface area contributed by atoms with Gasteiger partial charge in [-0.1, -0.05) is 6.92 Å². The maximum atomic E-state index is 4.53. The molecule has 3 nitrogen and oxygen atoms in total. The molecule has 1 saturated heterocycles. The molecule has 0 aromatic carbocycles. The van der Waals surface area contributed by atoms with Crippen molar-refractivity contribution in [3.63, 3.8) is 0 Å². The topological polar surface area (TPSA) is 28.2 Å². The fourth-order valence-electron chi connectivity index (χ4n) is 2.76. The first kappa shape index (κ1) is 13.0. The van der Waals surface area contributed by atoms with E-state index in [4.69, 9.17) is 0 Å². The lowest BCUT2D eigenvalue weighted by Gasteiger charge is -2.30. The third-order valence-electron chi connectivity index (χ3n) is 3.79. The van der Waals surface area contributed by atoms with Gasteiger partial charge in [0, 0.05) is 18.1 Å². The van der Waals surface area contributed by atoms with E-state index in [1.165, 1.54) is 50.3 Å². The van der Waals surface area contributed by atoms with Crippen molar-refractivity contribution in [3.05, 3.63) is 16.6 Å². The summed E-state index contributed by atoms with van der Waals surface area (Å²) in [5.41, 5.74) is 0.122. The molecule has 1 aliphatic rings. The molecule has 0 radical (unpaired) electrons. The summed E-state index contributed by atoms with van der Waals surface area (Å²) in [5.74, 6) is 0. The summed E-state index contributed by atoms with van der Waals surface area (Å²) < 4.78 is 0. The van der Waals surface area contributed by atoms with Crippen LogP contribution in [0.5, 0.6) is 0 Å². The van der Waals surface area contributed by atoms with E-state index in [9.17, 15) is 0 Å². The minimum Gasteiger partial charge on any atom is -0.308 e. The predicted octanol–water partition coefficient (Wildman–Crippen LogP) is 2.45. The third kappa shape index (κ3) is 2.87. The number of thiazole rings is 1. The van der Waals surface area contributed by atoms with E-state index in [0.29, 0.717) is 0 Å². The van der Waals surface area contributed by atoms with Crippen molar-refractivity contribution in [1.82, 2.24) is 15.2 Å². The quantitative estimate of drug-likeness (QED) is 0.893. The van der Waals surface area contributed by atoms with Gasteiger partial charge >= 0.3 is 0 Å². The van der Waals surface area contributed by atoms with Gasteiger partial charge in [-0.3, -0.25) is 0 Å². The molecule has 1 aliphatic heterocycles. The highest BCUT2D eigenvalue weighted by atomic mass is 32.1. The molecule has 1 unspecified atom stereocenters. The number of nitrogens with zero attached hydrogens (tertiary/aromatic N) is 2. The van der Waals surface area contributed by atoms with Crippen LogP contribution < -0.4 is 5.32 Å². The maximum Gasteiger partial charge on any atom is 0.113 e. The monoisotopic (exact) mass is 253 g/mol. The van der Waals surface area contributed by atoms with E-state index in [2.05, 4.69) is 34.6 Å². The zero-order chi connectivity index (χ0) is 12.1. The molecule has 1 aromatic rings. The lowest BCUT2D eigenvalue weighted by molar-refractivity contribution is 0.264. The van der Waals surface area contributed by atoms with Gasteiger partial charge in [-0.25, -0.2) is 4.98 Å². The maximum absolute atomic E-state index is 4.53. The highest BCUT2D eigenvalue weighted by Crippen LogP contribution is 2.33. The van der Waals surface area contributed by atoms with Crippen LogP contribution in [0.25, 0.3) is 0 Å². The Kier molecular flexibility index (Phi) is 4.54. The number of rotatable bonds is 4. The van der Waals surface area contributed by atoms with Crippen LogP contribution in [0, 0.1) is 0 Å². The molecule has 96 valence electrons. The Balaban J connectivity index is 2.09. The van der Waals surface area contributed by atoms with Crippen LogP contribution in [0.3, 0.4) is 0 Å². The Bertz CT molecular complexity index is 325. The SMILES string of the molecule is CCCN1CCCC(NC)(c2nccs2)CC1. The Morgan fingerprint density at radius 2 is 2.35 bits per heavy atom. The van der Waals surface area contributed by atoms with Gasteiger partial charge < -0.3 is 10.2 Å². The lowest BCUT2D eigenvalue weighted by Crippen LogP contribution is -2.40. The molecule has 0 amide bonds. The number of likely N-dealkylation sites (tertiary alicyclic amines) is 1. The van der Waals surface area contributed by atoms with Gasteiger partial charge in [-0.05, 0) is 45.8 Å². The zero-order valence-electron chi connectivity index (χ0n) is 10.9. The molecule has 0 saturated carbocycles. The molecule has 17 heavy (non-hydrogen) atoms. The van der Waals surface area contributed by atoms with Crippen molar-refractivity contribution in [2.75, 3.05) is 26.7 Å². The molecule has 2 rings (SSSR count). The molecule has 1 atom stereocenters. The molecule has 1 N–H and O–H groups in total. The average molecular weight is 253 g/mol. The largest absolute Gasteiger partial charge is 0.308 e. The molecular formula is C13H23N3S. The van der Waals surface area contributed by atoms with E-state index >= 15 is 0 Å². The van der Waals surface area contributed by atoms with Crippen molar-refractivity contribution in [1.29, 1.82) is 0 Å². The van der Waals surface area contributed by atoms with Gasteiger partial charge in [-0.2, -0.15) is 0 Å². The average Bonchev–Trinajstić information content (AvgIpc) is 2.80. The third-order valence-corrected chi connectivity index (χ3v) is 4.77. The molecule has 1 fully saturated rings. The molecule has 1 aromatic heterocycles. The molecule has 2 heterocycles. The first-order chi connectivity index (χ1) is 8.30. The van der Waals surface area contributed by atoms with E-state index in [0.717, 1.165) is 0 Å². The van der Waals surface area contributed by atoms with Crippen LogP contribution in [0.4, 0.5) is 0 Å². The number of nitrogens with one attached hydrogen (secondary N) is 1. The summed E-state index contributed by atoms with van der Waals surface area (Å²) >= 11 is 1.78. The molecule has 0 aliphatic carbocycles. The molecule has 4 heteroatoms. The Morgan fingerprint density at radius 3 is 3.00 bits per heavy atom. The van der Waals surface area contributed by atoms with Gasteiger partial charge in [0.15, 0.2) is 0 Å². The summed E-state index contributed by atoms with van der Waals surface area (Å²) in [5, 5.41) is 6.89. The van der Waals surface area contributed by atoms with Gasteiger partial charge in [0.05, 0.1) is 5.54 Å². The summed E-state index contributed by atoms with van der Waals surface area (Å²) in [6, 6.07) is 0. The van der Waals surface area contributed by atoms with Crippen molar-refractivity contribution in [2.24, 2.45) is 0 Å². The van der Waals surface area contributed by atoms with Crippen LogP contribution in [-0.2, 0) is 5.54 Å². The smallest absolute Gasteiger partial charge is 0.113 e. The summed E-state index contributed by atoms with van der Waals surface area (Å²) in [6.45, 7) is 5.92. The second-order valence-corrected chi connectivity index (χ2v) is 5.76. The number of aromatic nitrogens is 1. The molecular weight excluding hydrogens is 230 g/mol. The van der Waals surface area contributed by atoms with Crippen molar-refractivity contribution >= 4 is 11.3 Å². The summed E-state index contributed by atoms with van der Waals surface area (Å²) in [7, 11) is 2.08. The number of hydrogen-bond donors (Lipinski definition) is 1.